The molecule has 0 aromatic heterocycles. The van der Waals surface area contributed by atoms with E-state index in [1.165, 1.54) is 42.5 Å². The zero-order valence-corrected chi connectivity index (χ0v) is 18.1. The molecule has 0 saturated heterocycles. The molecule has 0 bridgehead atoms. The van der Waals surface area contributed by atoms with Crippen molar-refractivity contribution in [2.75, 3.05) is 17.2 Å². The van der Waals surface area contributed by atoms with Gasteiger partial charge in [0.1, 0.15) is 5.92 Å². The van der Waals surface area contributed by atoms with Gasteiger partial charge in [-0.25, -0.2) is 0 Å². The van der Waals surface area contributed by atoms with Crippen LogP contribution >= 0.6 is 0 Å². The summed E-state index contributed by atoms with van der Waals surface area (Å²) in [5.41, 5.74) is 25.2. The maximum absolute atomic E-state index is 13.5. The van der Waals surface area contributed by atoms with Crippen LogP contribution in [0, 0.1) is 5.92 Å². The van der Waals surface area contributed by atoms with E-state index < -0.39 is 29.0 Å². The summed E-state index contributed by atoms with van der Waals surface area (Å²) in [7, 11) is 0. The predicted octanol–water partition coefficient (Wildman–Crippen LogP) is 2.11. The molecule has 8 nitrogen and oxygen atoms in total. The van der Waals surface area contributed by atoms with Gasteiger partial charge in [0.15, 0.2) is 11.6 Å². The minimum atomic E-state index is -2.84. The highest BCUT2D eigenvalue weighted by Gasteiger charge is 2.49. The number of aliphatic hydroxyl groups is 2. The Morgan fingerprint density at radius 3 is 1.62 bits per heavy atom. The first-order valence-corrected chi connectivity index (χ1v) is 10.4. The van der Waals surface area contributed by atoms with Crippen LogP contribution in [0.15, 0.2) is 90.1 Å². The maximum atomic E-state index is 13.5. The molecule has 0 spiro atoms. The summed E-state index contributed by atoms with van der Waals surface area (Å²) in [6, 6.07) is 18.7. The number of benzene rings is 3. The van der Waals surface area contributed by atoms with Crippen molar-refractivity contribution in [2.24, 2.45) is 11.7 Å². The molecule has 4 rings (SSSR count). The van der Waals surface area contributed by atoms with Gasteiger partial charge < -0.3 is 33.1 Å². The molecule has 34 heavy (non-hydrogen) atoms. The second kappa shape index (κ2) is 8.51. The summed E-state index contributed by atoms with van der Waals surface area (Å²) in [6.07, 6.45) is 1.42. The molecule has 8 heteroatoms. The molecular weight excluding hydrogens is 432 g/mol. The van der Waals surface area contributed by atoms with E-state index in [0.717, 1.165) is 0 Å². The van der Waals surface area contributed by atoms with Gasteiger partial charge in [0.05, 0.1) is 5.70 Å². The zero-order valence-electron chi connectivity index (χ0n) is 18.1. The lowest BCUT2D eigenvalue weighted by Crippen LogP contribution is -2.50. The van der Waals surface area contributed by atoms with Crippen molar-refractivity contribution in [3.05, 3.63) is 107 Å². The Kier molecular flexibility index (Phi) is 5.70. The smallest absolute Gasteiger partial charge is 0.220 e. The lowest BCUT2D eigenvalue weighted by Gasteiger charge is -2.37. The van der Waals surface area contributed by atoms with E-state index in [9.17, 15) is 19.8 Å². The topological polar surface area (TPSA) is 179 Å². The largest absolute Gasteiger partial charge is 0.399 e. The van der Waals surface area contributed by atoms with Crippen LogP contribution in [-0.2, 0) is 0 Å². The van der Waals surface area contributed by atoms with E-state index >= 15 is 0 Å². The highest BCUT2D eigenvalue weighted by Crippen LogP contribution is 2.42. The lowest BCUT2D eigenvalue weighted by molar-refractivity contribution is -0.145. The number of anilines is 3. The van der Waals surface area contributed by atoms with Gasteiger partial charge in [-0.05, 0) is 77.9 Å². The quantitative estimate of drug-likeness (QED) is 0.192. The van der Waals surface area contributed by atoms with E-state index in [2.05, 4.69) is 0 Å². The van der Waals surface area contributed by atoms with Crippen molar-refractivity contribution >= 4 is 34.2 Å². The monoisotopic (exact) mass is 456 g/mol. The number of rotatable bonds is 5. The van der Waals surface area contributed by atoms with E-state index in [1.807, 2.05) is 0 Å². The third-order valence-electron chi connectivity index (χ3n) is 5.82. The van der Waals surface area contributed by atoms with Crippen LogP contribution in [0.4, 0.5) is 17.1 Å². The number of hydrogen-bond donors (Lipinski definition) is 6. The molecule has 3 aromatic carbocycles. The number of carbonyl (C=O) groups excluding carboxylic acids is 2. The van der Waals surface area contributed by atoms with Crippen LogP contribution in [0.5, 0.6) is 0 Å². The Bertz CT molecular complexity index is 1320. The standard InChI is InChI=1S/C26H24N4O4/c27-17-7-1-14(2-8-17)20-13-21(23(31)15-3-9-18(28)10-4-15)25(30)26(33,34)22(20)24(32)16-5-11-19(29)12-6-16/h1-13,22,33-34H,27-30H2. The Balaban J connectivity index is 1.89. The van der Waals surface area contributed by atoms with Crippen molar-refractivity contribution < 1.29 is 19.8 Å². The van der Waals surface area contributed by atoms with Gasteiger partial charge in [-0.3, -0.25) is 9.59 Å². The molecule has 0 saturated carbocycles. The van der Waals surface area contributed by atoms with E-state index in [4.69, 9.17) is 22.9 Å². The number of ketones is 2. The molecule has 1 aliphatic rings. The minimum Gasteiger partial charge on any atom is -0.399 e. The van der Waals surface area contributed by atoms with Crippen molar-refractivity contribution in [1.82, 2.24) is 0 Å². The van der Waals surface area contributed by atoms with Gasteiger partial charge in [0, 0.05) is 33.8 Å². The fourth-order valence-corrected chi connectivity index (χ4v) is 3.93. The van der Waals surface area contributed by atoms with Gasteiger partial charge in [-0.2, -0.15) is 0 Å². The molecule has 0 radical (unpaired) electrons. The summed E-state index contributed by atoms with van der Waals surface area (Å²) in [5, 5.41) is 22.4. The molecule has 0 fully saturated rings. The summed E-state index contributed by atoms with van der Waals surface area (Å²) < 4.78 is 0. The summed E-state index contributed by atoms with van der Waals surface area (Å²) in [5.74, 6) is -5.50. The number of hydrogen-bond acceptors (Lipinski definition) is 8. The Morgan fingerprint density at radius 2 is 1.12 bits per heavy atom. The summed E-state index contributed by atoms with van der Waals surface area (Å²) in [4.78, 5) is 26.8. The predicted molar refractivity (Wildman–Crippen MR) is 131 cm³/mol. The maximum Gasteiger partial charge on any atom is 0.220 e. The normalized spacial score (nSPS) is 17.2. The molecule has 1 unspecified atom stereocenters. The van der Waals surface area contributed by atoms with Crippen molar-refractivity contribution in [3.63, 3.8) is 0 Å². The molecule has 3 aromatic rings. The first-order chi connectivity index (χ1) is 16.1. The van der Waals surface area contributed by atoms with Crippen LogP contribution in [0.25, 0.3) is 5.57 Å². The highest BCUT2D eigenvalue weighted by atomic mass is 16.5. The average molecular weight is 457 g/mol. The van der Waals surface area contributed by atoms with Crippen molar-refractivity contribution in [1.29, 1.82) is 0 Å². The van der Waals surface area contributed by atoms with Crippen LogP contribution in [0.3, 0.4) is 0 Å². The molecule has 0 amide bonds. The van der Waals surface area contributed by atoms with Gasteiger partial charge in [-0.1, -0.05) is 12.1 Å². The van der Waals surface area contributed by atoms with Crippen LogP contribution in [-0.4, -0.2) is 27.6 Å². The summed E-state index contributed by atoms with van der Waals surface area (Å²) >= 11 is 0. The first-order valence-electron chi connectivity index (χ1n) is 10.4. The molecule has 0 aliphatic heterocycles. The molecule has 172 valence electrons. The number of nitrogen functional groups attached to an aromatic ring is 3. The number of carbonyl (C=O) groups is 2. The second-order valence-electron chi connectivity index (χ2n) is 8.15. The molecule has 10 N–H and O–H groups in total. The molecule has 1 aliphatic carbocycles. The molecule has 0 heterocycles. The Hall–Kier alpha value is -4.40. The first kappa shape index (κ1) is 22.8. The zero-order chi connectivity index (χ0) is 24.6. The third kappa shape index (κ3) is 4.03. The SMILES string of the molecule is NC1=C(C(=O)c2ccc(N)cc2)C=C(c2ccc(N)cc2)C(C(=O)c2ccc(N)cc2)C1(O)O. The van der Waals surface area contributed by atoms with Crippen molar-refractivity contribution in [2.45, 2.75) is 5.79 Å². The Labute approximate surface area is 195 Å². The lowest BCUT2D eigenvalue weighted by atomic mass is 9.73. The van der Waals surface area contributed by atoms with Gasteiger partial charge in [0.2, 0.25) is 5.79 Å². The highest BCUT2D eigenvalue weighted by molar-refractivity contribution is 6.15. The Morgan fingerprint density at radius 1 is 0.676 bits per heavy atom. The fourth-order valence-electron chi connectivity index (χ4n) is 3.93. The number of nitrogens with two attached hydrogens (primary N) is 4. The van der Waals surface area contributed by atoms with E-state index in [0.29, 0.717) is 22.6 Å². The van der Waals surface area contributed by atoms with Gasteiger partial charge in [-0.15, -0.1) is 0 Å². The van der Waals surface area contributed by atoms with Gasteiger partial charge in [0.25, 0.3) is 0 Å². The summed E-state index contributed by atoms with van der Waals surface area (Å²) in [6.45, 7) is 0. The third-order valence-corrected chi connectivity index (χ3v) is 5.82. The molecular formula is C26H24N4O4. The minimum absolute atomic E-state index is 0.136. The van der Waals surface area contributed by atoms with Crippen LogP contribution in [0.1, 0.15) is 26.3 Å². The number of allylic oxidation sites excluding steroid dienone is 2. The molecule has 1 atom stereocenters. The van der Waals surface area contributed by atoms with E-state index in [1.54, 1.807) is 36.4 Å². The van der Waals surface area contributed by atoms with Gasteiger partial charge >= 0.3 is 0 Å². The van der Waals surface area contributed by atoms with Crippen LogP contribution in [0.2, 0.25) is 0 Å². The second-order valence-corrected chi connectivity index (χ2v) is 8.15. The fraction of sp³-hybridized carbons (Fsp3) is 0.0769. The van der Waals surface area contributed by atoms with E-state index in [-0.39, 0.29) is 22.3 Å². The average Bonchev–Trinajstić information content (AvgIpc) is 2.81. The number of Topliss-reactive ketones (excluding diaryl/α,β-unsaturated/α-hetero) is 2. The van der Waals surface area contributed by atoms with Crippen LogP contribution < -0.4 is 22.9 Å². The van der Waals surface area contributed by atoms with Crippen molar-refractivity contribution in [3.8, 4) is 0 Å².